The van der Waals surface area contributed by atoms with E-state index in [0.29, 0.717) is 13.1 Å². The summed E-state index contributed by atoms with van der Waals surface area (Å²) in [5.41, 5.74) is 7.67. The first-order valence-electron chi connectivity index (χ1n) is 11.3. The van der Waals surface area contributed by atoms with Crippen molar-refractivity contribution < 1.29 is 4.79 Å². The van der Waals surface area contributed by atoms with Crippen LogP contribution in [0.15, 0.2) is 108 Å². The third-order valence-corrected chi connectivity index (χ3v) is 6.61. The molecule has 4 aromatic rings. The van der Waals surface area contributed by atoms with Crippen LogP contribution in [0.25, 0.3) is 16.5 Å². The van der Waals surface area contributed by atoms with Crippen LogP contribution >= 0.6 is 15.9 Å². The predicted molar refractivity (Wildman–Crippen MR) is 142 cm³/mol. The molecular formula is C29H26BrN3O. The summed E-state index contributed by atoms with van der Waals surface area (Å²) < 4.78 is 1.05. The average Bonchev–Trinajstić information content (AvgIpc) is 3.31. The quantitative estimate of drug-likeness (QED) is 0.336. The molecule has 0 saturated carbocycles. The van der Waals surface area contributed by atoms with Crippen molar-refractivity contribution in [1.29, 1.82) is 0 Å². The molecule has 0 radical (unpaired) electrons. The number of hydrogen-bond donors (Lipinski definition) is 1. The molecule has 4 nitrogen and oxygen atoms in total. The van der Waals surface area contributed by atoms with Crippen LogP contribution in [0.3, 0.4) is 0 Å². The molecule has 1 heterocycles. The van der Waals surface area contributed by atoms with E-state index in [4.69, 9.17) is 0 Å². The minimum Gasteiger partial charge on any atom is -0.295 e. The molecule has 5 rings (SSSR count). The lowest BCUT2D eigenvalue weighted by molar-refractivity contribution is -0.135. The number of likely N-dealkylation sites (N-methyl/N-ethyl adjacent to an activating group) is 1. The minimum absolute atomic E-state index is 0.0282. The number of hydrazine groups is 1. The standard InChI is InChI=1S/C29H26BrN3O/c1-32(19-21-11-15-26(30)16-12-21)20-29(34)33-28(23-8-3-2-4-9-23)18-27(31-33)25-14-13-22-7-5-6-10-24(22)17-25/h2-18,28,31H,19-20H2,1H3/t28-/m1/s1. The number of carbonyl (C=O) groups is 1. The summed E-state index contributed by atoms with van der Waals surface area (Å²) in [6.07, 6.45) is 2.14. The van der Waals surface area contributed by atoms with Crippen molar-refractivity contribution in [3.63, 3.8) is 0 Å². The monoisotopic (exact) mass is 511 g/mol. The Bertz CT molecular complexity index is 1330. The Hall–Kier alpha value is -3.41. The lowest BCUT2D eigenvalue weighted by Gasteiger charge is -2.28. The van der Waals surface area contributed by atoms with Crippen molar-refractivity contribution in [2.45, 2.75) is 12.6 Å². The fraction of sp³-hybridized carbons (Fsp3) is 0.138. The second-order valence-electron chi connectivity index (χ2n) is 8.67. The predicted octanol–water partition coefficient (Wildman–Crippen LogP) is 6.16. The zero-order valence-electron chi connectivity index (χ0n) is 19.0. The van der Waals surface area contributed by atoms with Crippen LogP contribution in [0.4, 0.5) is 0 Å². The SMILES string of the molecule is CN(CC(=O)N1NC(c2ccc3ccccc3c2)=C[C@@H]1c1ccccc1)Cc1ccc(Br)cc1. The minimum atomic E-state index is -0.170. The highest BCUT2D eigenvalue weighted by Crippen LogP contribution is 2.32. The lowest BCUT2D eigenvalue weighted by Crippen LogP contribution is -2.44. The average molecular weight is 512 g/mol. The molecule has 1 atom stereocenters. The lowest BCUT2D eigenvalue weighted by atomic mass is 10.0. The number of rotatable bonds is 6. The van der Waals surface area contributed by atoms with E-state index >= 15 is 0 Å². The number of fused-ring (bicyclic) bond motifs is 1. The molecule has 170 valence electrons. The Morgan fingerprint density at radius 2 is 1.62 bits per heavy atom. The summed E-state index contributed by atoms with van der Waals surface area (Å²) >= 11 is 3.48. The van der Waals surface area contributed by atoms with E-state index in [1.807, 2.05) is 54.4 Å². The van der Waals surface area contributed by atoms with Gasteiger partial charge in [-0.2, -0.15) is 0 Å². The van der Waals surface area contributed by atoms with Crippen molar-refractivity contribution in [2.24, 2.45) is 0 Å². The van der Waals surface area contributed by atoms with Crippen LogP contribution in [-0.4, -0.2) is 29.4 Å². The maximum Gasteiger partial charge on any atom is 0.255 e. The van der Waals surface area contributed by atoms with Gasteiger partial charge in [0, 0.05) is 11.0 Å². The van der Waals surface area contributed by atoms with Gasteiger partial charge >= 0.3 is 0 Å². The molecule has 0 aromatic heterocycles. The Morgan fingerprint density at radius 1 is 0.912 bits per heavy atom. The summed E-state index contributed by atoms with van der Waals surface area (Å²) in [5.74, 6) is 0.0282. The summed E-state index contributed by atoms with van der Waals surface area (Å²) in [6, 6.07) is 32.9. The van der Waals surface area contributed by atoms with Crippen molar-refractivity contribution >= 4 is 38.3 Å². The normalized spacial score (nSPS) is 15.4. The highest BCUT2D eigenvalue weighted by molar-refractivity contribution is 9.10. The second kappa shape index (κ2) is 9.84. The molecule has 1 aliphatic heterocycles. The topological polar surface area (TPSA) is 35.6 Å². The molecule has 1 aliphatic rings. The van der Waals surface area contributed by atoms with E-state index < -0.39 is 0 Å². The highest BCUT2D eigenvalue weighted by Gasteiger charge is 2.31. The van der Waals surface area contributed by atoms with Crippen molar-refractivity contribution in [3.05, 3.63) is 124 Å². The van der Waals surface area contributed by atoms with E-state index in [0.717, 1.165) is 21.3 Å². The Balaban J connectivity index is 1.38. The number of amides is 1. The number of carbonyl (C=O) groups excluding carboxylic acids is 1. The zero-order valence-corrected chi connectivity index (χ0v) is 20.6. The first-order valence-corrected chi connectivity index (χ1v) is 12.1. The molecule has 5 heteroatoms. The van der Waals surface area contributed by atoms with E-state index in [2.05, 4.69) is 82.0 Å². The second-order valence-corrected chi connectivity index (χ2v) is 9.59. The van der Waals surface area contributed by atoms with Gasteiger partial charge in [-0.25, -0.2) is 5.01 Å². The Labute approximate surface area is 208 Å². The van der Waals surface area contributed by atoms with Gasteiger partial charge in [-0.1, -0.05) is 94.8 Å². The third-order valence-electron chi connectivity index (χ3n) is 6.08. The third kappa shape index (κ3) is 4.91. The van der Waals surface area contributed by atoms with Gasteiger partial charge in [0.1, 0.15) is 0 Å². The van der Waals surface area contributed by atoms with Crippen LogP contribution < -0.4 is 5.43 Å². The summed E-state index contributed by atoms with van der Waals surface area (Å²) in [7, 11) is 1.98. The number of hydrogen-bond acceptors (Lipinski definition) is 3. The van der Waals surface area contributed by atoms with Gasteiger partial charge in [0.05, 0.1) is 18.3 Å². The number of benzene rings is 4. The van der Waals surface area contributed by atoms with Crippen molar-refractivity contribution in [1.82, 2.24) is 15.3 Å². The van der Waals surface area contributed by atoms with Gasteiger partial charge in [-0.15, -0.1) is 0 Å². The van der Waals surface area contributed by atoms with Gasteiger partial charge in [0.25, 0.3) is 5.91 Å². The highest BCUT2D eigenvalue weighted by atomic mass is 79.9. The van der Waals surface area contributed by atoms with Crippen LogP contribution in [-0.2, 0) is 11.3 Å². The Kier molecular flexibility index (Phi) is 6.48. The van der Waals surface area contributed by atoms with Gasteiger partial charge in [-0.3, -0.25) is 15.1 Å². The molecular weight excluding hydrogens is 486 g/mol. The van der Waals surface area contributed by atoms with E-state index in [1.54, 1.807) is 5.01 Å². The molecule has 34 heavy (non-hydrogen) atoms. The van der Waals surface area contributed by atoms with Crippen molar-refractivity contribution in [2.75, 3.05) is 13.6 Å². The summed E-state index contributed by atoms with van der Waals surface area (Å²) in [6.45, 7) is 1.01. The van der Waals surface area contributed by atoms with Crippen LogP contribution in [0.2, 0.25) is 0 Å². The fourth-order valence-corrected chi connectivity index (χ4v) is 4.63. The van der Waals surface area contributed by atoms with Crippen LogP contribution in [0.5, 0.6) is 0 Å². The van der Waals surface area contributed by atoms with Crippen LogP contribution in [0.1, 0.15) is 22.7 Å². The van der Waals surface area contributed by atoms with Gasteiger partial charge in [0.2, 0.25) is 0 Å². The fourth-order valence-electron chi connectivity index (χ4n) is 4.36. The molecule has 1 amide bonds. The number of nitrogens with zero attached hydrogens (tertiary/aromatic N) is 2. The molecule has 0 aliphatic carbocycles. The number of halogens is 1. The molecule has 0 spiro atoms. The Morgan fingerprint density at radius 3 is 2.38 bits per heavy atom. The zero-order chi connectivity index (χ0) is 23.5. The first-order chi connectivity index (χ1) is 16.6. The van der Waals surface area contributed by atoms with Crippen LogP contribution in [0, 0.1) is 0 Å². The molecule has 4 aromatic carbocycles. The molecule has 0 fully saturated rings. The summed E-state index contributed by atoms with van der Waals surface area (Å²) in [4.78, 5) is 15.5. The van der Waals surface area contributed by atoms with E-state index in [-0.39, 0.29) is 11.9 Å². The van der Waals surface area contributed by atoms with Gasteiger partial charge < -0.3 is 0 Å². The maximum atomic E-state index is 13.5. The summed E-state index contributed by atoms with van der Waals surface area (Å²) in [5, 5.41) is 4.14. The van der Waals surface area contributed by atoms with Gasteiger partial charge in [-0.05, 0) is 58.8 Å². The molecule has 1 N–H and O–H groups in total. The van der Waals surface area contributed by atoms with E-state index in [1.165, 1.54) is 16.3 Å². The molecule has 0 unspecified atom stereocenters. The molecule has 0 bridgehead atoms. The van der Waals surface area contributed by atoms with Crippen molar-refractivity contribution in [3.8, 4) is 0 Å². The maximum absolute atomic E-state index is 13.5. The molecule has 0 saturated heterocycles. The largest absolute Gasteiger partial charge is 0.295 e. The first kappa shape index (κ1) is 22.4. The van der Waals surface area contributed by atoms with E-state index in [9.17, 15) is 4.79 Å². The number of nitrogens with one attached hydrogen (secondary N) is 1. The smallest absolute Gasteiger partial charge is 0.255 e. The van der Waals surface area contributed by atoms with Gasteiger partial charge in [0.15, 0.2) is 0 Å².